The van der Waals surface area contributed by atoms with Crippen molar-refractivity contribution in [2.75, 3.05) is 13.1 Å². The fourth-order valence-electron chi connectivity index (χ4n) is 2.55. The number of hydrogen-bond donors (Lipinski definition) is 2. The van der Waals surface area contributed by atoms with Crippen LogP contribution in [0.25, 0.3) is 0 Å². The molecule has 1 heterocycles. The topological polar surface area (TPSA) is 102 Å². The first-order valence-corrected chi connectivity index (χ1v) is 7.73. The number of aromatic nitrogens is 1. The summed E-state index contributed by atoms with van der Waals surface area (Å²) in [5.41, 5.74) is 11.1. The number of nitrogens with zero attached hydrogens (tertiary/aromatic N) is 2. The second-order valence-corrected chi connectivity index (χ2v) is 5.95. The van der Waals surface area contributed by atoms with E-state index in [9.17, 15) is 9.59 Å². The summed E-state index contributed by atoms with van der Waals surface area (Å²) < 4.78 is 0. The van der Waals surface area contributed by atoms with Crippen molar-refractivity contribution in [3.63, 3.8) is 0 Å². The van der Waals surface area contributed by atoms with Gasteiger partial charge >= 0.3 is 0 Å². The Labute approximate surface area is 122 Å². The number of nitrogens with two attached hydrogens (primary N) is 2. The highest BCUT2D eigenvalue weighted by Gasteiger charge is 2.29. The summed E-state index contributed by atoms with van der Waals surface area (Å²) in [4.78, 5) is 29.6. The summed E-state index contributed by atoms with van der Waals surface area (Å²) in [7, 11) is 0. The Balaban J connectivity index is 2.13. The Morgan fingerprint density at radius 3 is 2.70 bits per heavy atom. The van der Waals surface area contributed by atoms with Crippen LogP contribution in [0.2, 0.25) is 0 Å². The van der Waals surface area contributed by atoms with Gasteiger partial charge in [-0.05, 0) is 19.4 Å². The van der Waals surface area contributed by atoms with E-state index < -0.39 is 5.91 Å². The minimum absolute atomic E-state index is 0.0345. The van der Waals surface area contributed by atoms with E-state index in [0.29, 0.717) is 18.7 Å². The van der Waals surface area contributed by atoms with Crippen molar-refractivity contribution in [2.24, 2.45) is 11.5 Å². The second kappa shape index (κ2) is 6.81. The molecule has 1 aromatic heterocycles. The fraction of sp³-hybridized carbons (Fsp3) is 0.615. The Morgan fingerprint density at radius 1 is 1.40 bits per heavy atom. The predicted molar refractivity (Wildman–Crippen MR) is 77.4 cm³/mol. The third kappa shape index (κ3) is 3.55. The lowest BCUT2D eigenvalue weighted by molar-refractivity contribution is -0.119. The third-order valence-corrected chi connectivity index (χ3v) is 4.39. The normalized spacial score (nSPS) is 15.4. The van der Waals surface area contributed by atoms with Crippen molar-refractivity contribution >= 4 is 23.2 Å². The van der Waals surface area contributed by atoms with Gasteiger partial charge in [-0.1, -0.05) is 12.8 Å². The lowest BCUT2D eigenvalue weighted by Crippen LogP contribution is -2.44. The molecule has 0 unspecified atom stereocenters. The molecule has 110 valence electrons. The predicted octanol–water partition coefficient (Wildman–Crippen LogP) is 0.514. The van der Waals surface area contributed by atoms with Crippen LogP contribution in [0, 0.1) is 0 Å². The van der Waals surface area contributed by atoms with Crippen molar-refractivity contribution in [3.05, 3.63) is 16.1 Å². The van der Waals surface area contributed by atoms with Gasteiger partial charge in [-0.2, -0.15) is 0 Å². The molecule has 6 nitrogen and oxygen atoms in total. The minimum atomic E-state index is -0.484. The van der Waals surface area contributed by atoms with Crippen molar-refractivity contribution in [2.45, 2.75) is 38.1 Å². The summed E-state index contributed by atoms with van der Waals surface area (Å²) in [5, 5.41) is 2.58. The average molecular weight is 296 g/mol. The Hall–Kier alpha value is -1.47. The molecule has 1 fully saturated rings. The first-order valence-electron chi connectivity index (χ1n) is 6.85. The van der Waals surface area contributed by atoms with Gasteiger partial charge in [-0.15, -0.1) is 11.3 Å². The van der Waals surface area contributed by atoms with Gasteiger partial charge < -0.3 is 16.4 Å². The summed E-state index contributed by atoms with van der Waals surface area (Å²) in [6.45, 7) is 0.474. The molecule has 2 amide bonds. The number of amides is 2. The van der Waals surface area contributed by atoms with Gasteiger partial charge in [0.25, 0.3) is 5.91 Å². The molecule has 0 bridgehead atoms. The molecule has 0 saturated heterocycles. The third-order valence-electron chi connectivity index (χ3n) is 3.48. The molecule has 7 heteroatoms. The van der Waals surface area contributed by atoms with E-state index >= 15 is 0 Å². The summed E-state index contributed by atoms with van der Waals surface area (Å²) in [5.74, 6) is -0.683. The van der Waals surface area contributed by atoms with Crippen LogP contribution < -0.4 is 11.5 Å². The molecular weight excluding hydrogens is 276 g/mol. The highest BCUT2D eigenvalue weighted by Crippen LogP contribution is 2.25. The molecular formula is C13H20N4O2S. The van der Waals surface area contributed by atoms with Gasteiger partial charge in [0.05, 0.1) is 11.6 Å². The quantitative estimate of drug-likeness (QED) is 0.798. The van der Waals surface area contributed by atoms with E-state index in [1.54, 1.807) is 10.3 Å². The first kappa shape index (κ1) is 14.9. The number of carbonyl (C=O) groups is 2. The van der Waals surface area contributed by atoms with E-state index in [-0.39, 0.29) is 18.5 Å². The molecule has 0 aliphatic heterocycles. The van der Waals surface area contributed by atoms with Crippen molar-refractivity contribution in [1.29, 1.82) is 0 Å². The van der Waals surface area contributed by atoms with E-state index in [4.69, 9.17) is 11.5 Å². The average Bonchev–Trinajstić information content (AvgIpc) is 3.06. The molecule has 2 rings (SSSR count). The lowest BCUT2D eigenvalue weighted by Gasteiger charge is -2.27. The largest absolute Gasteiger partial charge is 0.368 e. The van der Waals surface area contributed by atoms with Crippen molar-refractivity contribution in [1.82, 2.24) is 9.88 Å². The molecule has 0 atom stereocenters. The van der Waals surface area contributed by atoms with Crippen molar-refractivity contribution in [3.8, 4) is 0 Å². The van der Waals surface area contributed by atoms with Crippen LogP contribution in [-0.2, 0) is 11.2 Å². The van der Waals surface area contributed by atoms with Gasteiger partial charge in [0, 0.05) is 17.8 Å². The van der Waals surface area contributed by atoms with Crippen molar-refractivity contribution < 1.29 is 9.59 Å². The summed E-state index contributed by atoms with van der Waals surface area (Å²) in [6.07, 6.45) is 4.69. The maximum atomic E-state index is 12.5. The molecule has 0 radical (unpaired) electrons. The summed E-state index contributed by atoms with van der Waals surface area (Å²) >= 11 is 1.43. The molecule has 1 saturated carbocycles. The standard InChI is InChI=1S/C13H20N4O2S/c14-6-5-12-16-10(8-20-12)13(19)17(7-11(15)18)9-3-1-2-4-9/h8-9H,1-7,14H2,(H2,15,18). The van der Waals surface area contributed by atoms with Gasteiger partial charge in [-0.3, -0.25) is 9.59 Å². The van der Waals surface area contributed by atoms with Gasteiger partial charge in [0.15, 0.2) is 0 Å². The zero-order valence-electron chi connectivity index (χ0n) is 11.4. The van der Waals surface area contributed by atoms with Crippen LogP contribution in [0.1, 0.15) is 41.2 Å². The lowest BCUT2D eigenvalue weighted by atomic mass is 10.2. The Morgan fingerprint density at radius 2 is 2.10 bits per heavy atom. The van der Waals surface area contributed by atoms with Gasteiger partial charge in [-0.25, -0.2) is 4.98 Å². The van der Waals surface area contributed by atoms with Crippen LogP contribution >= 0.6 is 11.3 Å². The number of thiazole rings is 1. The maximum absolute atomic E-state index is 12.5. The fourth-order valence-corrected chi connectivity index (χ4v) is 3.33. The van der Waals surface area contributed by atoms with Crippen LogP contribution in [0.15, 0.2) is 5.38 Å². The SMILES string of the molecule is NCCc1nc(C(=O)N(CC(N)=O)C2CCCC2)cs1. The molecule has 0 aromatic carbocycles. The maximum Gasteiger partial charge on any atom is 0.274 e. The van der Waals surface area contributed by atoms with Gasteiger partial charge in [0.1, 0.15) is 5.69 Å². The molecule has 1 aliphatic carbocycles. The zero-order valence-corrected chi connectivity index (χ0v) is 12.2. The number of carbonyl (C=O) groups excluding carboxylic acids is 2. The van der Waals surface area contributed by atoms with Gasteiger partial charge in [0.2, 0.25) is 5.91 Å². The van der Waals surface area contributed by atoms with Crippen LogP contribution in [-0.4, -0.2) is 40.8 Å². The minimum Gasteiger partial charge on any atom is -0.368 e. The molecule has 20 heavy (non-hydrogen) atoms. The Kier molecular flexibility index (Phi) is 5.08. The monoisotopic (exact) mass is 296 g/mol. The highest BCUT2D eigenvalue weighted by atomic mass is 32.1. The first-order chi connectivity index (χ1) is 9.61. The molecule has 1 aromatic rings. The van der Waals surface area contributed by atoms with E-state index in [1.165, 1.54) is 11.3 Å². The number of rotatable bonds is 6. The molecule has 0 spiro atoms. The van der Waals surface area contributed by atoms with E-state index in [1.807, 2.05) is 0 Å². The molecule has 1 aliphatic rings. The van der Waals surface area contributed by atoms with Crippen LogP contribution in [0.3, 0.4) is 0 Å². The number of hydrogen-bond acceptors (Lipinski definition) is 5. The smallest absolute Gasteiger partial charge is 0.274 e. The van der Waals surface area contributed by atoms with E-state index in [2.05, 4.69) is 4.98 Å². The molecule has 4 N–H and O–H groups in total. The zero-order chi connectivity index (χ0) is 14.5. The summed E-state index contributed by atoms with van der Waals surface area (Å²) in [6, 6.07) is 0.106. The highest BCUT2D eigenvalue weighted by molar-refractivity contribution is 7.09. The second-order valence-electron chi connectivity index (χ2n) is 5.00. The van der Waals surface area contributed by atoms with E-state index in [0.717, 1.165) is 30.7 Å². The van der Waals surface area contributed by atoms with Crippen LogP contribution in [0.4, 0.5) is 0 Å². The van der Waals surface area contributed by atoms with Crippen LogP contribution in [0.5, 0.6) is 0 Å². The number of primary amides is 1. The Bertz CT molecular complexity index is 482.